The molecule has 0 amide bonds. The quantitative estimate of drug-likeness (QED) is 0.214. The van der Waals surface area contributed by atoms with E-state index >= 15 is 0 Å². The minimum atomic E-state index is -2.48. The van der Waals surface area contributed by atoms with Crippen molar-refractivity contribution >= 4 is 38.7 Å². The zero-order valence-corrected chi connectivity index (χ0v) is 32.9. The van der Waals surface area contributed by atoms with Gasteiger partial charge in [0.25, 0.3) is 0 Å². The summed E-state index contributed by atoms with van der Waals surface area (Å²) in [5.41, 5.74) is 15.3. The van der Waals surface area contributed by atoms with Crippen LogP contribution in [0.5, 0.6) is 0 Å². The van der Waals surface area contributed by atoms with Gasteiger partial charge in [-0.1, -0.05) is 0 Å². The summed E-state index contributed by atoms with van der Waals surface area (Å²) in [6.07, 6.45) is 0. The van der Waals surface area contributed by atoms with Gasteiger partial charge in [-0.15, -0.1) is 0 Å². The van der Waals surface area contributed by atoms with Crippen molar-refractivity contribution in [2.45, 2.75) is 34.3 Å². The summed E-state index contributed by atoms with van der Waals surface area (Å²) < 4.78 is 1.22. The molecule has 0 N–H and O–H groups in total. The molecule has 0 aliphatic heterocycles. The Balaban J connectivity index is 0.00000186. The van der Waals surface area contributed by atoms with E-state index in [0.717, 1.165) is 0 Å². The largest absolute Gasteiger partial charge is 1.00 e. The number of benzene rings is 6. The van der Waals surface area contributed by atoms with Crippen LogP contribution in [0.2, 0.25) is 13.1 Å². The summed E-state index contributed by atoms with van der Waals surface area (Å²) in [6, 6.07) is 50.5. The number of hydrogen-bond acceptors (Lipinski definition) is 0. The fraction of sp³-hybridized carbons (Fsp3) is 0.143. The molecule has 0 saturated carbocycles. The van der Waals surface area contributed by atoms with Gasteiger partial charge in [-0.3, -0.25) is 0 Å². The van der Waals surface area contributed by atoms with Gasteiger partial charge in [-0.2, -0.15) is 0 Å². The number of allylic oxidation sites excluding steroid dienone is 2. The Hall–Kier alpha value is -3.01. The van der Waals surface area contributed by atoms with E-state index < -0.39 is 26.6 Å². The fourth-order valence-electron chi connectivity index (χ4n) is 8.43. The van der Waals surface area contributed by atoms with E-state index in [1.807, 2.05) is 0 Å². The number of fused-ring (bicyclic) bond motifs is 4. The molecule has 0 radical (unpaired) electrons. The molecule has 0 spiro atoms. The first-order valence-electron chi connectivity index (χ1n) is 16.0. The first-order chi connectivity index (χ1) is 21.5. The third kappa shape index (κ3) is 5.13. The van der Waals surface area contributed by atoms with Gasteiger partial charge in [0.1, 0.15) is 0 Å². The van der Waals surface area contributed by atoms with Gasteiger partial charge >= 0.3 is 272 Å². The van der Waals surface area contributed by atoms with Gasteiger partial charge in [0.05, 0.1) is 0 Å². The molecule has 0 aromatic heterocycles. The molecule has 0 heterocycles. The summed E-state index contributed by atoms with van der Waals surface area (Å²) in [7, 11) is 0. The van der Waals surface area contributed by atoms with Gasteiger partial charge < -0.3 is 24.8 Å². The average Bonchev–Trinajstić information content (AvgIpc) is 3.50. The van der Waals surface area contributed by atoms with Crippen LogP contribution in [0.25, 0.3) is 32.7 Å². The monoisotopic (exact) mass is 819 g/mol. The van der Waals surface area contributed by atoms with Gasteiger partial charge in [-0.05, 0) is 0 Å². The van der Waals surface area contributed by atoms with Crippen molar-refractivity contribution in [1.82, 2.24) is 0 Å². The molecule has 8 rings (SSSR count). The SMILES string of the molecule is CC1=C(c2cccc3ccccc23)c2ccccc2[CH]1[Hf+2]([CH]1C(C)=C(c2cccc3ccccc23)c2ccccc21)[SiH](C)C.[Cl-].[Cl-]. The minimum absolute atomic E-state index is 0. The maximum Gasteiger partial charge on any atom is -1.00 e. The van der Waals surface area contributed by atoms with Crippen LogP contribution in [0, 0.1) is 0 Å². The van der Waals surface area contributed by atoms with E-state index in [0.29, 0.717) is 7.35 Å². The molecular formula is C42H37Cl2HfSi. The molecule has 2 aliphatic carbocycles. The van der Waals surface area contributed by atoms with E-state index in [1.165, 1.54) is 54.9 Å². The van der Waals surface area contributed by atoms with Crippen molar-refractivity contribution in [2.75, 3.05) is 0 Å². The second-order valence-corrected chi connectivity index (χ2v) is 40.8. The van der Waals surface area contributed by atoms with Crippen molar-refractivity contribution in [1.29, 1.82) is 0 Å². The summed E-state index contributed by atoms with van der Waals surface area (Å²) in [5, 5.41) is 5.39. The third-order valence-corrected chi connectivity index (χ3v) is 41.5. The van der Waals surface area contributed by atoms with Crippen LogP contribution in [0.3, 0.4) is 0 Å². The Labute approximate surface area is 294 Å². The van der Waals surface area contributed by atoms with Gasteiger partial charge in [0, 0.05) is 0 Å². The van der Waals surface area contributed by atoms with Crippen molar-refractivity contribution in [2.24, 2.45) is 0 Å². The van der Waals surface area contributed by atoms with E-state index in [1.54, 1.807) is 22.3 Å². The fourth-order valence-corrected chi connectivity index (χ4v) is 41.4. The van der Waals surface area contributed by atoms with Gasteiger partial charge in [0.2, 0.25) is 0 Å². The number of halogens is 2. The molecular weight excluding hydrogens is 782 g/mol. The maximum atomic E-state index is 2.68. The number of hydrogen-bond donors (Lipinski definition) is 0. The molecule has 0 bridgehead atoms. The van der Waals surface area contributed by atoms with Crippen LogP contribution in [0.15, 0.2) is 145 Å². The Morgan fingerprint density at radius 2 is 0.783 bits per heavy atom. The van der Waals surface area contributed by atoms with E-state index in [9.17, 15) is 0 Å². The molecule has 2 atom stereocenters. The van der Waals surface area contributed by atoms with Gasteiger partial charge in [0.15, 0.2) is 0 Å². The summed E-state index contributed by atoms with van der Waals surface area (Å²) in [5.74, 6) is -0.983. The van der Waals surface area contributed by atoms with Crippen LogP contribution in [0.1, 0.15) is 54.6 Å². The maximum absolute atomic E-state index is 2.68. The molecule has 2 aliphatic rings. The molecule has 0 fully saturated rings. The molecule has 4 heteroatoms. The second kappa shape index (κ2) is 13.2. The topological polar surface area (TPSA) is 0 Å². The molecule has 2 unspecified atom stereocenters. The second-order valence-electron chi connectivity index (χ2n) is 12.9. The Bertz CT molecular complexity index is 2000. The zero-order chi connectivity index (χ0) is 29.9. The first kappa shape index (κ1) is 32.9. The minimum Gasteiger partial charge on any atom is -1.00 e. The van der Waals surface area contributed by atoms with Crippen LogP contribution < -0.4 is 24.8 Å². The van der Waals surface area contributed by atoms with Crippen LogP contribution in [0.4, 0.5) is 0 Å². The summed E-state index contributed by atoms with van der Waals surface area (Å²) in [6.45, 7) is 10.4. The van der Waals surface area contributed by atoms with E-state index in [4.69, 9.17) is 0 Å². The molecule has 46 heavy (non-hydrogen) atoms. The summed E-state index contributed by atoms with van der Waals surface area (Å²) in [4.78, 5) is 0. The zero-order valence-electron chi connectivity index (χ0n) is 26.7. The van der Waals surface area contributed by atoms with E-state index in [-0.39, 0.29) is 24.8 Å². The molecule has 6 aromatic rings. The standard InChI is InChI=1S/2C20H15.C2H7Si.2ClH.Hf/c2*1-14-13-16-8-3-5-11-18(16)20(14)19-12-6-9-15-7-2-4-10-17(15)19;1-3-2;;;/h2*2-13H,1H3;3H,1-2H3;2*1H;/q;;;;;+2/p-2. The van der Waals surface area contributed by atoms with Gasteiger partial charge in [-0.25, -0.2) is 0 Å². The number of rotatable bonds is 5. The average molecular weight is 819 g/mol. The third-order valence-electron chi connectivity index (χ3n) is 10.2. The first-order valence-corrected chi connectivity index (χ1v) is 29.2. The molecule has 0 saturated heterocycles. The Kier molecular flexibility index (Phi) is 9.47. The molecule has 0 nitrogen and oxygen atoms in total. The smallest absolute Gasteiger partial charge is 1.00 e. The predicted octanol–water partition coefficient (Wildman–Crippen LogP) is 5.06. The van der Waals surface area contributed by atoms with E-state index in [2.05, 4.69) is 160 Å². The summed E-state index contributed by atoms with van der Waals surface area (Å²) >= 11 is -2.48. The molecule has 6 aromatic carbocycles. The van der Waals surface area contributed by atoms with Crippen molar-refractivity contribution < 1.29 is 45.4 Å². The van der Waals surface area contributed by atoms with Crippen LogP contribution in [-0.2, 0) is 20.6 Å². The van der Waals surface area contributed by atoms with Crippen molar-refractivity contribution in [3.8, 4) is 0 Å². The Morgan fingerprint density at radius 1 is 0.435 bits per heavy atom. The predicted molar refractivity (Wildman–Crippen MR) is 189 cm³/mol. The van der Waals surface area contributed by atoms with Crippen molar-refractivity contribution in [3.05, 3.63) is 178 Å². The normalized spacial score (nSPS) is 16.8. The Morgan fingerprint density at radius 3 is 1.22 bits per heavy atom. The molecule has 227 valence electrons. The van der Waals surface area contributed by atoms with Crippen LogP contribution in [-0.4, -0.2) is 5.98 Å². The van der Waals surface area contributed by atoms with Crippen LogP contribution >= 0.6 is 0 Å². The van der Waals surface area contributed by atoms with Crippen molar-refractivity contribution in [3.63, 3.8) is 0 Å².